The molecule has 3 rings (SSSR count). The van der Waals surface area contributed by atoms with Crippen molar-refractivity contribution < 1.29 is 9.53 Å². The quantitative estimate of drug-likeness (QED) is 0.298. The molecule has 2 N–H and O–H groups in total. The number of nitrogens with one attached hydrogen (secondary N) is 2. The van der Waals surface area contributed by atoms with Gasteiger partial charge in [-0.1, -0.05) is 25.0 Å². The van der Waals surface area contributed by atoms with Gasteiger partial charge in [0.2, 0.25) is 0 Å². The summed E-state index contributed by atoms with van der Waals surface area (Å²) < 4.78 is 6.04. The molecule has 31 heavy (non-hydrogen) atoms. The van der Waals surface area contributed by atoms with Gasteiger partial charge in [-0.3, -0.25) is 9.79 Å². The lowest BCUT2D eigenvalue weighted by Crippen LogP contribution is -2.65. The number of amides is 1. The van der Waals surface area contributed by atoms with E-state index in [1.165, 1.54) is 25.7 Å². The smallest absolute Gasteiger partial charge is 0.253 e. The van der Waals surface area contributed by atoms with Crippen LogP contribution in [0.4, 0.5) is 0 Å². The minimum absolute atomic E-state index is 0. The Labute approximate surface area is 204 Å². The van der Waals surface area contributed by atoms with Crippen LogP contribution in [-0.2, 0) is 11.2 Å². The van der Waals surface area contributed by atoms with E-state index in [9.17, 15) is 4.79 Å². The number of ether oxygens (including phenoxy) is 1. The number of hydrogen-bond donors (Lipinski definition) is 2. The summed E-state index contributed by atoms with van der Waals surface area (Å²) in [5.74, 6) is 0.926. The fourth-order valence-electron chi connectivity index (χ4n) is 4.99. The highest BCUT2D eigenvalue weighted by Gasteiger charge is 2.56. The van der Waals surface area contributed by atoms with Crippen molar-refractivity contribution in [2.45, 2.75) is 64.5 Å². The maximum absolute atomic E-state index is 12.2. The minimum atomic E-state index is 0. The molecule has 2 saturated carbocycles. The number of carbonyl (C=O) groups is 1. The number of halogens is 1. The third-order valence-corrected chi connectivity index (χ3v) is 6.59. The molecule has 2 aliphatic carbocycles. The third kappa shape index (κ3) is 6.12. The monoisotopic (exact) mass is 542 g/mol. The molecule has 6 nitrogen and oxygen atoms in total. The predicted octanol–water partition coefficient (Wildman–Crippen LogP) is 3.84. The van der Waals surface area contributed by atoms with E-state index >= 15 is 0 Å². The van der Waals surface area contributed by atoms with Crippen LogP contribution in [-0.4, -0.2) is 62.7 Å². The number of nitrogens with zero attached hydrogens (tertiary/aromatic N) is 2. The maximum Gasteiger partial charge on any atom is 0.253 e. The van der Waals surface area contributed by atoms with E-state index in [2.05, 4.69) is 30.5 Å². The van der Waals surface area contributed by atoms with Crippen LogP contribution in [0, 0.1) is 5.41 Å². The van der Waals surface area contributed by atoms with Crippen LogP contribution in [0.3, 0.4) is 0 Å². The van der Waals surface area contributed by atoms with Crippen LogP contribution in [0.15, 0.2) is 29.3 Å². The summed E-state index contributed by atoms with van der Waals surface area (Å²) in [5, 5.41) is 7.11. The first kappa shape index (κ1) is 25.9. The molecule has 2 unspecified atom stereocenters. The van der Waals surface area contributed by atoms with Crippen molar-refractivity contribution >= 4 is 35.8 Å². The zero-order valence-electron chi connectivity index (χ0n) is 19.4. The Hall–Kier alpha value is -1.35. The fraction of sp³-hybridized carbons (Fsp3) is 0.667. The van der Waals surface area contributed by atoms with Crippen molar-refractivity contribution in [1.29, 1.82) is 0 Å². The molecule has 0 saturated heterocycles. The largest absolute Gasteiger partial charge is 0.378 e. The summed E-state index contributed by atoms with van der Waals surface area (Å²) >= 11 is 0. The maximum atomic E-state index is 12.2. The van der Waals surface area contributed by atoms with Gasteiger partial charge >= 0.3 is 0 Å². The Kier molecular flexibility index (Phi) is 10.1. The number of rotatable bonds is 8. The summed E-state index contributed by atoms with van der Waals surface area (Å²) in [4.78, 5) is 18.6. The summed E-state index contributed by atoms with van der Waals surface area (Å²) in [6.45, 7) is 6.51. The molecule has 1 amide bonds. The standard InChI is InChI=1S/C24H38N4O2.HI/c1-5-25-23(27-20-17-21(30-6-2)24(20)13-7-8-14-24)26-15-12-18-10-9-11-19(16-18)22(29)28(3)4;/h9-11,16,20-21H,5-8,12-15,17H2,1-4H3,(H2,25,26,27);1H. The molecule has 1 spiro atoms. The summed E-state index contributed by atoms with van der Waals surface area (Å²) in [7, 11) is 3.56. The molecule has 7 heteroatoms. The van der Waals surface area contributed by atoms with E-state index in [0.717, 1.165) is 43.1 Å². The highest BCUT2D eigenvalue weighted by atomic mass is 127. The van der Waals surface area contributed by atoms with E-state index in [0.29, 0.717) is 18.7 Å². The van der Waals surface area contributed by atoms with E-state index in [-0.39, 0.29) is 35.3 Å². The predicted molar refractivity (Wildman–Crippen MR) is 137 cm³/mol. The van der Waals surface area contributed by atoms with Gasteiger partial charge in [-0.25, -0.2) is 0 Å². The van der Waals surface area contributed by atoms with Gasteiger partial charge in [-0.2, -0.15) is 0 Å². The van der Waals surface area contributed by atoms with Crippen LogP contribution < -0.4 is 10.6 Å². The molecule has 2 fully saturated rings. The highest BCUT2D eigenvalue weighted by molar-refractivity contribution is 14.0. The first-order valence-corrected chi connectivity index (χ1v) is 11.5. The van der Waals surface area contributed by atoms with Gasteiger partial charge in [-0.05, 0) is 57.2 Å². The van der Waals surface area contributed by atoms with Gasteiger partial charge in [0.15, 0.2) is 5.96 Å². The number of benzene rings is 1. The van der Waals surface area contributed by atoms with E-state index in [1.54, 1.807) is 19.0 Å². The van der Waals surface area contributed by atoms with Crippen molar-refractivity contribution in [3.63, 3.8) is 0 Å². The molecule has 1 aromatic rings. The SMILES string of the molecule is CCNC(=NCCc1cccc(C(=O)N(C)C)c1)NC1CC(OCC)C12CCCC2.I. The Morgan fingerprint density at radius 1 is 1.26 bits per heavy atom. The van der Waals surface area contributed by atoms with E-state index in [4.69, 9.17) is 9.73 Å². The molecule has 0 heterocycles. The van der Waals surface area contributed by atoms with Crippen LogP contribution in [0.25, 0.3) is 0 Å². The molecule has 0 bridgehead atoms. The summed E-state index contributed by atoms with van der Waals surface area (Å²) in [6, 6.07) is 8.30. The second-order valence-electron chi connectivity index (χ2n) is 8.73. The number of aliphatic imine (C=N–C) groups is 1. The highest BCUT2D eigenvalue weighted by Crippen LogP contribution is 2.54. The number of carbonyl (C=O) groups excluding carboxylic acids is 1. The van der Waals surface area contributed by atoms with Crippen molar-refractivity contribution in [1.82, 2.24) is 15.5 Å². The second-order valence-corrected chi connectivity index (χ2v) is 8.73. The average molecular weight is 543 g/mol. The van der Waals surface area contributed by atoms with Gasteiger partial charge in [0.05, 0.1) is 6.10 Å². The van der Waals surface area contributed by atoms with Crippen molar-refractivity contribution in [3.8, 4) is 0 Å². The fourth-order valence-corrected chi connectivity index (χ4v) is 4.99. The number of hydrogen-bond acceptors (Lipinski definition) is 3. The molecule has 0 radical (unpaired) electrons. The summed E-state index contributed by atoms with van der Waals surface area (Å²) in [5.41, 5.74) is 2.15. The Morgan fingerprint density at radius 3 is 2.65 bits per heavy atom. The van der Waals surface area contributed by atoms with Crippen LogP contribution in [0.5, 0.6) is 0 Å². The molecular formula is C24H39IN4O2. The van der Waals surface area contributed by atoms with Crippen molar-refractivity contribution in [2.75, 3.05) is 33.8 Å². The second kappa shape index (κ2) is 12.0. The van der Waals surface area contributed by atoms with Crippen molar-refractivity contribution in [2.24, 2.45) is 10.4 Å². The van der Waals surface area contributed by atoms with Gasteiger partial charge in [-0.15, -0.1) is 24.0 Å². The van der Waals surface area contributed by atoms with Gasteiger partial charge in [0.1, 0.15) is 0 Å². The summed E-state index contributed by atoms with van der Waals surface area (Å²) in [6.07, 6.45) is 7.37. The Balaban J connectivity index is 0.00000341. The normalized spacial score (nSPS) is 21.9. The molecule has 0 aromatic heterocycles. The molecule has 0 aliphatic heterocycles. The topological polar surface area (TPSA) is 66.0 Å². The zero-order chi connectivity index (χ0) is 21.6. The zero-order valence-corrected chi connectivity index (χ0v) is 21.8. The third-order valence-electron chi connectivity index (χ3n) is 6.59. The molecule has 1 aromatic carbocycles. The van der Waals surface area contributed by atoms with Gasteiger partial charge in [0.25, 0.3) is 5.91 Å². The molecular weight excluding hydrogens is 503 g/mol. The van der Waals surface area contributed by atoms with Crippen LogP contribution in [0.2, 0.25) is 0 Å². The molecule has 2 aliphatic rings. The molecule has 2 atom stereocenters. The lowest BCUT2D eigenvalue weighted by molar-refractivity contribution is -0.125. The number of guanidine groups is 1. The first-order valence-electron chi connectivity index (χ1n) is 11.5. The van der Waals surface area contributed by atoms with E-state index in [1.807, 2.05) is 18.2 Å². The van der Waals surface area contributed by atoms with Gasteiger partial charge < -0.3 is 20.3 Å². The lowest BCUT2D eigenvalue weighted by Gasteiger charge is -2.54. The Morgan fingerprint density at radius 2 is 2.00 bits per heavy atom. The van der Waals surface area contributed by atoms with Crippen LogP contribution in [0.1, 0.15) is 61.9 Å². The minimum Gasteiger partial charge on any atom is -0.378 e. The average Bonchev–Trinajstić information content (AvgIpc) is 3.26. The van der Waals surface area contributed by atoms with Crippen LogP contribution >= 0.6 is 24.0 Å². The first-order chi connectivity index (χ1) is 14.5. The van der Waals surface area contributed by atoms with E-state index < -0.39 is 0 Å². The lowest BCUT2D eigenvalue weighted by atomic mass is 9.60. The van der Waals surface area contributed by atoms with Gasteiger partial charge in [0, 0.05) is 50.8 Å². The van der Waals surface area contributed by atoms with Crippen molar-refractivity contribution in [3.05, 3.63) is 35.4 Å². The molecule has 174 valence electrons. The Bertz CT molecular complexity index is 747.